The quantitative estimate of drug-likeness (QED) is 0.881. The van der Waals surface area contributed by atoms with Crippen LogP contribution in [0.4, 0.5) is 0 Å². The second-order valence-electron chi connectivity index (χ2n) is 4.28. The van der Waals surface area contributed by atoms with Crippen LogP contribution in [-0.4, -0.2) is 18.1 Å². The predicted octanol–water partition coefficient (Wildman–Crippen LogP) is 3.10. The van der Waals surface area contributed by atoms with E-state index >= 15 is 0 Å². The molecule has 4 nitrogen and oxygen atoms in total. The molecule has 1 atom stereocenters. The van der Waals surface area contributed by atoms with E-state index in [2.05, 4.69) is 9.72 Å². The van der Waals surface area contributed by atoms with Crippen molar-refractivity contribution >= 4 is 29.7 Å². The number of nitrogens with two attached hydrogens (primary N) is 1. The fourth-order valence-corrected chi connectivity index (χ4v) is 2.65. The molecule has 108 valence electrons. The number of aryl methyl sites for hydroxylation is 1. The highest BCUT2D eigenvalue weighted by Gasteiger charge is 2.12. The summed E-state index contributed by atoms with van der Waals surface area (Å²) < 4.78 is 4.62. The summed E-state index contributed by atoms with van der Waals surface area (Å²) in [5.41, 5.74) is 10.9. The van der Waals surface area contributed by atoms with Gasteiger partial charge in [-0.05, 0) is 18.1 Å². The number of nitrogens with zero attached hydrogens (tertiary/aromatic N) is 1. The second-order valence-corrected chi connectivity index (χ2v) is 5.13. The number of carbonyl (C=O) groups excluding carboxylic acids is 1. The average Bonchev–Trinajstić information content (AvgIpc) is 2.85. The van der Waals surface area contributed by atoms with Crippen molar-refractivity contribution in [3.63, 3.8) is 0 Å². The lowest BCUT2D eigenvalue weighted by Crippen LogP contribution is -2.16. The Morgan fingerprint density at radius 1 is 1.40 bits per heavy atom. The molecule has 0 bridgehead atoms. The van der Waals surface area contributed by atoms with Crippen molar-refractivity contribution in [2.45, 2.75) is 19.4 Å². The standard InChI is InChI=1S/C14H16N2O2S.ClH/c1-9-14(19-8-16-9)11-5-3-10(4-6-11)12(15)7-13(17)18-2;/h3-6,8,12H,7,15H2,1-2H3;1H/t12-;/m0./s1. The zero-order valence-corrected chi connectivity index (χ0v) is 13.0. The predicted molar refractivity (Wildman–Crippen MR) is 83.1 cm³/mol. The molecule has 2 N–H and O–H groups in total. The molecule has 0 radical (unpaired) electrons. The van der Waals surface area contributed by atoms with E-state index in [0.29, 0.717) is 0 Å². The van der Waals surface area contributed by atoms with Crippen molar-refractivity contribution in [1.82, 2.24) is 4.98 Å². The fourth-order valence-electron chi connectivity index (χ4n) is 1.84. The van der Waals surface area contributed by atoms with Crippen LogP contribution >= 0.6 is 23.7 Å². The number of ether oxygens (including phenoxy) is 1. The molecule has 0 aliphatic rings. The first-order valence-corrected chi connectivity index (χ1v) is 6.82. The van der Waals surface area contributed by atoms with Crippen LogP contribution in [0.25, 0.3) is 10.4 Å². The van der Waals surface area contributed by atoms with Crippen LogP contribution < -0.4 is 5.73 Å². The number of halogens is 1. The number of methoxy groups -OCH3 is 1. The summed E-state index contributed by atoms with van der Waals surface area (Å²) in [5.74, 6) is -0.296. The topological polar surface area (TPSA) is 65.2 Å². The Morgan fingerprint density at radius 2 is 2.05 bits per heavy atom. The van der Waals surface area contributed by atoms with Gasteiger partial charge >= 0.3 is 5.97 Å². The fraction of sp³-hybridized carbons (Fsp3) is 0.286. The lowest BCUT2D eigenvalue weighted by molar-refractivity contribution is -0.141. The Morgan fingerprint density at radius 3 is 2.55 bits per heavy atom. The van der Waals surface area contributed by atoms with Gasteiger partial charge in [-0.15, -0.1) is 23.7 Å². The summed E-state index contributed by atoms with van der Waals surface area (Å²) >= 11 is 1.61. The van der Waals surface area contributed by atoms with Gasteiger partial charge in [0, 0.05) is 6.04 Å². The van der Waals surface area contributed by atoms with Crippen LogP contribution in [0.15, 0.2) is 29.8 Å². The highest BCUT2D eigenvalue weighted by Crippen LogP contribution is 2.28. The second kappa shape index (κ2) is 7.38. The van der Waals surface area contributed by atoms with Crippen molar-refractivity contribution in [2.24, 2.45) is 5.73 Å². The Kier molecular flexibility index (Phi) is 6.13. The summed E-state index contributed by atoms with van der Waals surface area (Å²) in [5, 5.41) is 0. The monoisotopic (exact) mass is 312 g/mol. The van der Waals surface area contributed by atoms with Crippen LogP contribution in [0.1, 0.15) is 23.7 Å². The zero-order valence-electron chi connectivity index (χ0n) is 11.3. The minimum absolute atomic E-state index is 0. The van der Waals surface area contributed by atoms with E-state index in [1.807, 2.05) is 36.7 Å². The Labute approximate surface area is 128 Å². The first kappa shape index (κ1) is 16.6. The van der Waals surface area contributed by atoms with E-state index in [0.717, 1.165) is 21.7 Å². The number of hydrogen-bond donors (Lipinski definition) is 1. The van der Waals surface area contributed by atoms with Crippen LogP contribution in [0, 0.1) is 6.92 Å². The lowest BCUT2D eigenvalue weighted by Gasteiger charge is -2.11. The van der Waals surface area contributed by atoms with Crippen molar-refractivity contribution in [3.05, 3.63) is 41.0 Å². The van der Waals surface area contributed by atoms with E-state index in [9.17, 15) is 4.79 Å². The van der Waals surface area contributed by atoms with Gasteiger partial charge in [-0.2, -0.15) is 0 Å². The minimum atomic E-state index is -0.330. The highest BCUT2D eigenvalue weighted by molar-refractivity contribution is 7.13. The largest absolute Gasteiger partial charge is 0.469 e. The number of carbonyl (C=O) groups is 1. The zero-order chi connectivity index (χ0) is 13.8. The smallest absolute Gasteiger partial charge is 0.307 e. The van der Waals surface area contributed by atoms with Crippen LogP contribution in [0.5, 0.6) is 0 Å². The van der Waals surface area contributed by atoms with Gasteiger partial charge in [0.2, 0.25) is 0 Å². The third-order valence-electron chi connectivity index (χ3n) is 2.96. The lowest BCUT2D eigenvalue weighted by atomic mass is 10.0. The van der Waals surface area contributed by atoms with Crippen LogP contribution in [0.3, 0.4) is 0 Å². The van der Waals surface area contributed by atoms with E-state index in [4.69, 9.17) is 5.73 Å². The molecule has 0 saturated heterocycles. The van der Waals surface area contributed by atoms with Crippen molar-refractivity contribution in [1.29, 1.82) is 0 Å². The molecule has 1 heterocycles. The van der Waals surface area contributed by atoms with E-state index in [-0.39, 0.29) is 30.8 Å². The van der Waals surface area contributed by atoms with Crippen molar-refractivity contribution in [2.75, 3.05) is 7.11 Å². The van der Waals surface area contributed by atoms with Gasteiger partial charge in [0.25, 0.3) is 0 Å². The van der Waals surface area contributed by atoms with E-state index in [1.165, 1.54) is 7.11 Å². The van der Waals surface area contributed by atoms with Gasteiger partial charge in [-0.1, -0.05) is 24.3 Å². The molecule has 20 heavy (non-hydrogen) atoms. The molecule has 2 aromatic rings. The molecule has 0 fully saturated rings. The maximum Gasteiger partial charge on any atom is 0.307 e. The third-order valence-corrected chi connectivity index (χ3v) is 3.94. The molecule has 0 aliphatic heterocycles. The number of benzene rings is 1. The molecule has 0 spiro atoms. The molecule has 0 saturated carbocycles. The number of rotatable bonds is 4. The maximum atomic E-state index is 11.2. The van der Waals surface area contributed by atoms with E-state index in [1.54, 1.807) is 11.3 Å². The molecule has 0 aliphatic carbocycles. The molecule has 0 unspecified atom stereocenters. The summed E-state index contributed by atoms with van der Waals surface area (Å²) in [6.07, 6.45) is 0.190. The highest BCUT2D eigenvalue weighted by atomic mass is 35.5. The molecule has 0 amide bonds. The van der Waals surface area contributed by atoms with Gasteiger partial charge in [0.05, 0.1) is 29.6 Å². The first-order valence-electron chi connectivity index (χ1n) is 5.94. The van der Waals surface area contributed by atoms with Gasteiger partial charge < -0.3 is 10.5 Å². The van der Waals surface area contributed by atoms with Crippen LogP contribution in [-0.2, 0) is 9.53 Å². The number of esters is 1. The Bertz CT molecular complexity index is 569. The first-order chi connectivity index (χ1) is 9.11. The Balaban J connectivity index is 0.00000200. The molecule has 1 aromatic carbocycles. The van der Waals surface area contributed by atoms with E-state index < -0.39 is 0 Å². The summed E-state index contributed by atoms with van der Waals surface area (Å²) in [6.45, 7) is 1.99. The van der Waals surface area contributed by atoms with Gasteiger partial charge in [-0.3, -0.25) is 4.79 Å². The molecule has 2 rings (SSSR count). The van der Waals surface area contributed by atoms with Gasteiger partial charge in [0.15, 0.2) is 0 Å². The molecule has 1 aromatic heterocycles. The number of aromatic nitrogens is 1. The summed E-state index contributed by atoms with van der Waals surface area (Å²) in [7, 11) is 1.37. The molecular formula is C14H17ClN2O2S. The van der Waals surface area contributed by atoms with Crippen LogP contribution in [0.2, 0.25) is 0 Å². The van der Waals surface area contributed by atoms with Crippen molar-refractivity contribution < 1.29 is 9.53 Å². The van der Waals surface area contributed by atoms with Gasteiger partial charge in [0.1, 0.15) is 0 Å². The molecular weight excluding hydrogens is 296 g/mol. The number of thiazole rings is 1. The Hall–Kier alpha value is -1.43. The minimum Gasteiger partial charge on any atom is -0.469 e. The average molecular weight is 313 g/mol. The maximum absolute atomic E-state index is 11.2. The summed E-state index contributed by atoms with van der Waals surface area (Å²) in [6, 6.07) is 7.58. The third kappa shape index (κ3) is 3.79. The van der Waals surface area contributed by atoms with Crippen molar-refractivity contribution in [3.8, 4) is 10.4 Å². The normalized spacial score (nSPS) is 11.6. The van der Waals surface area contributed by atoms with Gasteiger partial charge in [-0.25, -0.2) is 4.98 Å². The SMILES string of the molecule is COC(=O)C[C@H](N)c1ccc(-c2scnc2C)cc1.Cl. The summed E-state index contributed by atoms with van der Waals surface area (Å²) in [4.78, 5) is 16.6. The molecule has 6 heteroatoms. The number of hydrogen-bond acceptors (Lipinski definition) is 5.